The number of amides is 2. The first-order valence-corrected chi connectivity index (χ1v) is 16.8. The molecule has 0 aliphatic heterocycles. The Labute approximate surface area is 309 Å². The van der Waals surface area contributed by atoms with Crippen LogP contribution in [0.5, 0.6) is 0 Å². The number of hydrogen-bond acceptors (Lipinski definition) is 15. The molecule has 0 aliphatic carbocycles. The number of benzene rings is 1. The van der Waals surface area contributed by atoms with Crippen LogP contribution in [-0.2, 0) is 73.3 Å². The second-order valence-corrected chi connectivity index (χ2v) is 14.8. The molecular weight excluding hydrogens is 700 g/mol. The summed E-state index contributed by atoms with van der Waals surface area (Å²) in [5.74, 6) is -5.74. The first-order valence-electron chi connectivity index (χ1n) is 16.8. The predicted octanol–water partition coefficient (Wildman–Crippen LogP) is 3.60. The second-order valence-electron chi connectivity index (χ2n) is 14.8. The van der Waals surface area contributed by atoms with Crippen molar-refractivity contribution in [3.05, 3.63) is 35.9 Å². The first-order chi connectivity index (χ1) is 24.5. The van der Waals surface area contributed by atoms with E-state index in [0.29, 0.717) is 5.56 Å². The average molecular weight is 753 g/mol. The highest BCUT2D eigenvalue weighted by Crippen LogP contribution is 2.17. The third-order valence-corrected chi connectivity index (χ3v) is 6.74. The Balaban J connectivity index is 2.97. The van der Waals surface area contributed by atoms with E-state index in [2.05, 4.69) is 10.6 Å². The largest absolute Gasteiger partial charge is 0.445 e. The van der Waals surface area contributed by atoms with E-state index in [1.54, 1.807) is 92.6 Å². The van der Waals surface area contributed by atoms with Crippen LogP contribution in [0.1, 0.15) is 93.6 Å². The zero-order valence-corrected chi connectivity index (χ0v) is 31.8. The molecule has 17 nitrogen and oxygen atoms in total. The molecule has 2 N–H and O–H groups in total. The topological polar surface area (TPSA) is 225 Å². The normalized spacial score (nSPS) is 12.5. The summed E-state index contributed by atoms with van der Waals surface area (Å²) in [6, 6.07) is 5.75. The van der Waals surface area contributed by atoms with Gasteiger partial charge in [0.1, 0.15) is 18.7 Å². The molecule has 0 radical (unpaired) electrons. The van der Waals surface area contributed by atoms with Crippen molar-refractivity contribution in [3.8, 4) is 0 Å². The number of rotatable bonds is 18. The number of carbonyl (C=O) groups excluding carboxylic acids is 8. The van der Waals surface area contributed by atoms with Gasteiger partial charge in [0.2, 0.25) is 26.3 Å². The third-order valence-electron chi connectivity index (χ3n) is 6.74. The van der Waals surface area contributed by atoms with Crippen molar-refractivity contribution >= 4 is 47.8 Å². The summed E-state index contributed by atoms with van der Waals surface area (Å²) in [7, 11) is 0. The molecule has 0 spiro atoms. The lowest BCUT2D eigenvalue weighted by molar-refractivity contribution is -0.176. The summed E-state index contributed by atoms with van der Waals surface area (Å²) in [5.41, 5.74) is -1.95. The van der Waals surface area contributed by atoms with E-state index >= 15 is 0 Å². The molecule has 0 fully saturated rings. The fourth-order valence-corrected chi connectivity index (χ4v) is 3.56. The Bertz CT molecular complexity index is 1420. The zero-order chi connectivity index (χ0) is 40.4. The summed E-state index contributed by atoms with van der Waals surface area (Å²) in [6.07, 6.45) is -2.65. The zero-order valence-electron chi connectivity index (χ0n) is 31.8. The average Bonchev–Trinajstić information content (AvgIpc) is 3.06. The summed E-state index contributed by atoms with van der Waals surface area (Å²) in [4.78, 5) is 99.9. The van der Waals surface area contributed by atoms with Crippen LogP contribution in [0.3, 0.4) is 0 Å². The van der Waals surface area contributed by atoms with Crippen molar-refractivity contribution in [1.82, 2.24) is 10.6 Å². The maximum atomic E-state index is 13.1. The highest BCUT2D eigenvalue weighted by molar-refractivity contribution is 5.86. The van der Waals surface area contributed by atoms with Crippen molar-refractivity contribution in [2.45, 2.75) is 107 Å². The summed E-state index contributed by atoms with van der Waals surface area (Å²) in [5, 5.41) is 4.71. The smallest absolute Gasteiger partial charge is 0.408 e. The highest BCUT2D eigenvalue weighted by atomic mass is 16.7. The molecule has 1 aromatic rings. The van der Waals surface area contributed by atoms with Gasteiger partial charge in [-0.3, -0.25) is 24.0 Å². The van der Waals surface area contributed by atoms with Crippen LogP contribution in [0.4, 0.5) is 4.79 Å². The number of carbonyl (C=O) groups is 8. The molecule has 296 valence electrons. The molecule has 1 aromatic carbocycles. The van der Waals surface area contributed by atoms with Crippen LogP contribution in [0.15, 0.2) is 30.3 Å². The van der Waals surface area contributed by atoms with E-state index in [9.17, 15) is 38.4 Å². The van der Waals surface area contributed by atoms with Crippen LogP contribution in [0.2, 0.25) is 0 Å². The van der Waals surface area contributed by atoms with E-state index in [1.165, 1.54) is 0 Å². The van der Waals surface area contributed by atoms with Gasteiger partial charge in [-0.25, -0.2) is 14.4 Å². The number of esters is 6. The van der Waals surface area contributed by atoms with Crippen molar-refractivity contribution in [2.24, 2.45) is 16.2 Å². The lowest BCUT2D eigenvalue weighted by atomic mass is 9.97. The summed E-state index contributed by atoms with van der Waals surface area (Å²) in [6.45, 7) is 12.0. The fraction of sp³-hybridized carbons (Fsp3) is 0.611. The van der Waals surface area contributed by atoms with Gasteiger partial charge in [0.15, 0.2) is 0 Å². The van der Waals surface area contributed by atoms with E-state index in [-0.39, 0.29) is 19.4 Å². The third kappa shape index (κ3) is 19.3. The van der Waals surface area contributed by atoms with Crippen LogP contribution >= 0.6 is 0 Å². The van der Waals surface area contributed by atoms with Gasteiger partial charge in [0.25, 0.3) is 0 Å². The van der Waals surface area contributed by atoms with Gasteiger partial charge in [-0.1, -0.05) is 30.3 Å². The Morgan fingerprint density at radius 2 is 0.943 bits per heavy atom. The lowest BCUT2D eigenvalue weighted by Crippen LogP contribution is -2.45. The van der Waals surface area contributed by atoms with Crippen LogP contribution < -0.4 is 10.6 Å². The van der Waals surface area contributed by atoms with E-state index in [0.717, 1.165) is 0 Å². The number of alkyl carbamates (subject to hydrolysis) is 1. The molecule has 0 bridgehead atoms. The minimum Gasteiger partial charge on any atom is -0.445 e. The lowest BCUT2D eigenvalue weighted by Gasteiger charge is -2.21. The van der Waals surface area contributed by atoms with Crippen molar-refractivity contribution in [3.63, 3.8) is 0 Å². The van der Waals surface area contributed by atoms with Gasteiger partial charge < -0.3 is 43.8 Å². The van der Waals surface area contributed by atoms with E-state index in [1.807, 2.05) is 0 Å². The number of ether oxygens (including phenoxy) is 7. The molecule has 2 amide bonds. The van der Waals surface area contributed by atoms with Crippen molar-refractivity contribution in [2.75, 3.05) is 20.4 Å². The van der Waals surface area contributed by atoms with E-state index in [4.69, 9.17) is 33.2 Å². The predicted molar refractivity (Wildman–Crippen MR) is 183 cm³/mol. The summed E-state index contributed by atoms with van der Waals surface area (Å²) >= 11 is 0. The molecule has 0 saturated heterocycles. The van der Waals surface area contributed by atoms with Gasteiger partial charge in [-0.15, -0.1) is 0 Å². The van der Waals surface area contributed by atoms with Crippen LogP contribution in [0.25, 0.3) is 0 Å². The Hall–Kier alpha value is -5.22. The molecule has 0 heterocycles. The number of hydrogen-bond donors (Lipinski definition) is 2. The van der Waals surface area contributed by atoms with Gasteiger partial charge in [0, 0.05) is 12.8 Å². The van der Waals surface area contributed by atoms with Crippen LogP contribution in [0, 0.1) is 16.2 Å². The molecule has 0 aromatic heterocycles. The minimum absolute atomic E-state index is 0.131. The molecule has 53 heavy (non-hydrogen) atoms. The van der Waals surface area contributed by atoms with Crippen LogP contribution in [-0.4, -0.2) is 80.3 Å². The Morgan fingerprint density at radius 3 is 1.40 bits per heavy atom. The maximum absolute atomic E-state index is 13.1. The molecule has 2 atom stereocenters. The minimum atomic E-state index is -1.47. The molecule has 0 saturated carbocycles. The molecule has 0 unspecified atom stereocenters. The van der Waals surface area contributed by atoms with Gasteiger partial charge >= 0.3 is 41.9 Å². The van der Waals surface area contributed by atoms with Crippen molar-refractivity contribution in [1.29, 1.82) is 0 Å². The quantitative estimate of drug-likeness (QED) is 0.124. The second kappa shape index (κ2) is 21.3. The molecule has 1 rings (SSSR count). The standard InChI is InChI=1S/C36H52N2O15/c1-34(2,3)30(43)51-20-48-27(40)18-16-24(28(41)49-21-52-31(44)35(4,5)6)37-26(39)17-15-25(29(42)50-22-53-32(45)36(7,8)9)38-33(46)47-19-23-13-11-10-12-14-23/h10-14,24-25H,15-22H2,1-9H3,(H,37,39)(H,38,46)/t24-,25-/m0/s1. The number of nitrogens with one attached hydrogen (secondary N) is 2. The molecule has 0 aliphatic rings. The monoisotopic (exact) mass is 752 g/mol. The molecular formula is C36H52N2O15. The first kappa shape index (κ1) is 45.8. The van der Waals surface area contributed by atoms with Gasteiger partial charge in [-0.2, -0.15) is 0 Å². The Kier molecular flexibility index (Phi) is 18.4. The van der Waals surface area contributed by atoms with Gasteiger partial charge in [0.05, 0.1) is 16.2 Å². The molecule has 17 heteroatoms. The summed E-state index contributed by atoms with van der Waals surface area (Å²) < 4.78 is 34.9. The van der Waals surface area contributed by atoms with E-state index < -0.39 is 109 Å². The van der Waals surface area contributed by atoms with Gasteiger partial charge in [-0.05, 0) is 80.7 Å². The van der Waals surface area contributed by atoms with Crippen molar-refractivity contribution < 1.29 is 71.5 Å². The maximum Gasteiger partial charge on any atom is 0.408 e. The SMILES string of the molecule is CC(C)(C)C(=O)OCOC(=O)CC[C@H](NC(=O)CC[C@H](NC(=O)OCc1ccccc1)C(=O)OCOC(=O)C(C)(C)C)C(=O)OCOC(=O)C(C)(C)C. The Morgan fingerprint density at radius 1 is 0.528 bits per heavy atom. The highest BCUT2D eigenvalue weighted by Gasteiger charge is 2.30. The fourth-order valence-electron chi connectivity index (χ4n) is 3.56.